The van der Waals surface area contributed by atoms with Gasteiger partial charge in [0.05, 0.1) is 12.1 Å². The van der Waals surface area contributed by atoms with Gasteiger partial charge < -0.3 is 9.90 Å². The number of aliphatic hydroxyl groups is 1. The molecule has 0 aromatic heterocycles. The van der Waals surface area contributed by atoms with Gasteiger partial charge in [-0.05, 0) is 42.6 Å². The number of hydrogen-bond donors (Lipinski definition) is 1. The zero-order valence-corrected chi connectivity index (χ0v) is 14.8. The first-order valence-corrected chi connectivity index (χ1v) is 9.58. The van der Waals surface area contributed by atoms with Crippen LogP contribution in [0.5, 0.6) is 0 Å². The normalized spacial score (nSPS) is 30.3. The highest BCUT2D eigenvalue weighted by Crippen LogP contribution is 2.38. The molecule has 1 aromatic carbocycles. The molecule has 1 saturated heterocycles. The van der Waals surface area contributed by atoms with Crippen molar-refractivity contribution in [3.05, 3.63) is 35.9 Å². The van der Waals surface area contributed by atoms with E-state index >= 15 is 0 Å². The highest BCUT2D eigenvalue weighted by Gasteiger charge is 2.37. The first-order valence-electron chi connectivity index (χ1n) is 9.58. The fourth-order valence-corrected chi connectivity index (χ4v) is 4.62. The fraction of sp³-hybridized carbons (Fsp3) is 0.667. The van der Waals surface area contributed by atoms with Crippen molar-refractivity contribution in [2.75, 3.05) is 13.1 Å². The van der Waals surface area contributed by atoms with Crippen LogP contribution >= 0.6 is 0 Å². The minimum absolute atomic E-state index is 0.00271. The number of hydrogen-bond acceptors (Lipinski definition) is 3. The van der Waals surface area contributed by atoms with Gasteiger partial charge in [-0.1, -0.05) is 56.5 Å². The smallest absolute Gasteiger partial charge is 0.137 e. The molecule has 0 bridgehead atoms. The van der Waals surface area contributed by atoms with Gasteiger partial charge in [0.15, 0.2) is 0 Å². The lowest BCUT2D eigenvalue weighted by Gasteiger charge is -2.45. The zero-order chi connectivity index (χ0) is 16.9. The molecule has 1 aliphatic heterocycles. The topological polar surface area (TPSA) is 40.5 Å². The molecule has 3 heteroatoms. The fourth-order valence-electron chi connectivity index (χ4n) is 4.62. The molecule has 1 heterocycles. The maximum absolute atomic E-state index is 11.6. The van der Waals surface area contributed by atoms with Crippen LogP contribution in [-0.4, -0.2) is 41.5 Å². The number of carbonyl (C=O) groups excluding carboxylic acids is 1. The van der Waals surface area contributed by atoms with E-state index in [0.717, 1.165) is 37.5 Å². The van der Waals surface area contributed by atoms with E-state index in [-0.39, 0.29) is 18.1 Å². The van der Waals surface area contributed by atoms with E-state index in [1.807, 2.05) is 18.2 Å². The van der Waals surface area contributed by atoms with Crippen LogP contribution in [0.4, 0.5) is 0 Å². The van der Waals surface area contributed by atoms with Gasteiger partial charge in [0.2, 0.25) is 0 Å². The molecule has 5 unspecified atom stereocenters. The molecule has 1 saturated carbocycles. The van der Waals surface area contributed by atoms with Crippen molar-refractivity contribution in [1.29, 1.82) is 0 Å². The lowest BCUT2D eigenvalue weighted by atomic mass is 9.73. The Morgan fingerprint density at radius 1 is 1.21 bits per heavy atom. The molecule has 132 valence electrons. The average Bonchev–Trinajstić information content (AvgIpc) is 2.61. The molecule has 3 nitrogen and oxygen atoms in total. The number of aldehydes is 1. The Labute approximate surface area is 146 Å². The lowest BCUT2D eigenvalue weighted by Crippen LogP contribution is -2.52. The van der Waals surface area contributed by atoms with Gasteiger partial charge in [0.25, 0.3) is 0 Å². The minimum atomic E-state index is -0.382. The summed E-state index contributed by atoms with van der Waals surface area (Å²) in [6.07, 6.45) is 7.84. The lowest BCUT2D eigenvalue weighted by molar-refractivity contribution is -0.116. The van der Waals surface area contributed by atoms with Crippen LogP contribution in [0.25, 0.3) is 0 Å². The second-order valence-electron chi connectivity index (χ2n) is 7.93. The Kier molecular flexibility index (Phi) is 6.07. The molecule has 1 N–H and O–H groups in total. The largest absolute Gasteiger partial charge is 0.392 e. The average molecular weight is 329 g/mol. The van der Waals surface area contributed by atoms with Gasteiger partial charge >= 0.3 is 0 Å². The quantitative estimate of drug-likeness (QED) is 0.814. The highest BCUT2D eigenvalue weighted by molar-refractivity contribution is 5.58. The van der Waals surface area contributed by atoms with Gasteiger partial charge in [0.1, 0.15) is 6.29 Å². The Morgan fingerprint density at radius 2 is 1.92 bits per heavy atom. The van der Waals surface area contributed by atoms with Crippen LogP contribution < -0.4 is 0 Å². The number of benzene rings is 1. The summed E-state index contributed by atoms with van der Waals surface area (Å²) in [5, 5.41) is 10.7. The molecule has 0 spiro atoms. The summed E-state index contributed by atoms with van der Waals surface area (Å²) in [7, 11) is 0. The van der Waals surface area contributed by atoms with E-state index in [2.05, 4.69) is 24.0 Å². The van der Waals surface area contributed by atoms with E-state index in [0.29, 0.717) is 6.54 Å². The van der Waals surface area contributed by atoms with Crippen molar-refractivity contribution in [3.8, 4) is 0 Å². The number of aliphatic hydroxyl groups excluding tert-OH is 1. The van der Waals surface area contributed by atoms with Crippen molar-refractivity contribution in [2.45, 2.75) is 57.6 Å². The van der Waals surface area contributed by atoms with Gasteiger partial charge in [0, 0.05) is 13.1 Å². The summed E-state index contributed by atoms with van der Waals surface area (Å²) < 4.78 is 0. The zero-order valence-electron chi connectivity index (χ0n) is 14.8. The Bertz CT molecular complexity index is 518. The summed E-state index contributed by atoms with van der Waals surface area (Å²) in [6, 6.07) is 10.3. The third-order valence-corrected chi connectivity index (χ3v) is 6.18. The summed E-state index contributed by atoms with van der Waals surface area (Å²) in [5.41, 5.74) is 1.27. The van der Waals surface area contributed by atoms with Crippen molar-refractivity contribution < 1.29 is 9.90 Å². The molecule has 24 heavy (non-hydrogen) atoms. The van der Waals surface area contributed by atoms with Crippen LogP contribution in [0, 0.1) is 17.8 Å². The number of nitrogens with zero attached hydrogens (tertiary/aromatic N) is 1. The van der Waals surface area contributed by atoms with E-state index < -0.39 is 0 Å². The van der Waals surface area contributed by atoms with Crippen LogP contribution in [0.3, 0.4) is 0 Å². The van der Waals surface area contributed by atoms with Crippen molar-refractivity contribution in [1.82, 2.24) is 4.90 Å². The molecule has 3 rings (SSSR count). The maximum Gasteiger partial charge on any atom is 0.137 e. The third-order valence-electron chi connectivity index (χ3n) is 6.18. The monoisotopic (exact) mass is 329 g/mol. The third kappa shape index (κ3) is 4.25. The molecule has 1 aliphatic carbocycles. The molecule has 0 radical (unpaired) electrons. The predicted octanol–water partition coefficient (Wildman–Crippen LogP) is 3.31. The van der Waals surface area contributed by atoms with Crippen LogP contribution in [0.15, 0.2) is 30.3 Å². The number of carbonyl (C=O) groups is 1. The number of rotatable bonds is 6. The van der Waals surface area contributed by atoms with Crippen molar-refractivity contribution in [3.63, 3.8) is 0 Å². The van der Waals surface area contributed by atoms with Crippen molar-refractivity contribution in [2.24, 2.45) is 17.8 Å². The summed E-state index contributed by atoms with van der Waals surface area (Å²) in [5.74, 6) is 1.65. The number of piperidine rings is 1. The summed E-state index contributed by atoms with van der Waals surface area (Å²) in [6.45, 7) is 3.73. The highest BCUT2D eigenvalue weighted by atomic mass is 16.3. The summed E-state index contributed by atoms with van der Waals surface area (Å²) >= 11 is 0. The molecule has 1 aromatic rings. The molecule has 0 amide bonds. The van der Waals surface area contributed by atoms with E-state index in [4.69, 9.17) is 0 Å². The number of likely N-dealkylation sites (tertiary alicyclic amines) is 1. The van der Waals surface area contributed by atoms with E-state index in [1.54, 1.807) is 0 Å². The predicted molar refractivity (Wildman–Crippen MR) is 96.8 cm³/mol. The second kappa shape index (κ2) is 8.26. The van der Waals surface area contributed by atoms with E-state index in [1.165, 1.54) is 31.2 Å². The van der Waals surface area contributed by atoms with Gasteiger partial charge in [-0.15, -0.1) is 0 Å². The Hall–Kier alpha value is -1.19. The first-order chi connectivity index (χ1) is 11.7. The SMILES string of the molecule is CC(Cc1ccccc1)C(O)CN1CC2CCCCC2CC1C=O. The van der Waals surface area contributed by atoms with Crippen LogP contribution in [0.1, 0.15) is 44.6 Å². The van der Waals surface area contributed by atoms with Gasteiger partial charge in [-0.3, -0.25) is 4.90 Å². The second-order valence-corrected chi connectivity index (χ2v) is 7.93. The molecule has 2 fully saturated rings. The van der Waals surface area contributed by atoms with Gasteiger partial charge in [-0.2, -0.15) is 0 Å². The van der Waals surface area contributed by atoms with Crippen LogP contribution in [-0.2, 0) is 11.2 Å². The Balaban J connectivity index is 1.57. The minimum Gasteiger partial charge on any atom is -0.392 e. The summed E-state index contributed by atoms with van der Waals surface area (Å²) in [4.78, 5) is 13.8. The van der Waals surface area contributed by atoms with Gasteiger partial charge in [-0.25, -0.2) is 0 Å². The Morgan fingerprint density at radius 3 is 2.62 bits per heavy atom. The van der Waals surface area contributed by atoms with Crippen molar-refractivity contribution >= 4 is 6.29 Å². The standard InChI is InChI=1S/C21H31NO2/c1-16(11-17-7-3-2-4-8-17)21(24)14-22-13-19-10-6-5-9-18(19)12-20(22)15-23/h2-4,7-8,15-16,18-21,24H,5-6,9-14H2,1H3. The maximum atomic E-state index is 11.6. The number of β-amino-alcohol motifs (C(OH)–C–C–N with tert-alkyl or cyclic N) is 1. The first kappa shape index (κ1) is 17.6. The van der Waals surface area contributed by atoms with Crippen LogP contribution in [0.2, 0.25) is 0 Å². The van der Waals surface area contributed by atoms with E-state index in [9.17, 15) is 9.90 Å². The molecule has 2 aliphatic rings. The molecular weight excluding hydrogens is 298 g/mol. The number of fused-ring (bicyclic) bond motifs is 1. The molecule has 5 atom stereocenters. The molecular formula is C21H31NO2.